The predicted octanol–water partition coefficient (Wildman–Crippen LogP) is 3.47. The monoisotopic (exact) mass is 591 g/mol. The summed E-state index contributed by atoms with van der Waals surface area (Å²) in [5.41, 5.74) is 1.24. The Morgan fingerprint density at radius 3 is 2.78 bits per heavy atom. The first-order chi connectivity index (χ1) is 19.5. The molecule has 2 fully saturated rings. The van der Waals surface area contributed by atoms with Crippen molar-refractivity contribution in [2.75, 3.05) is 39.3 Å². The van der Waals surface area contributed by atoms with Crippen LogP contribution in [0.4, 0.5) is 13.2 Å². The fraction of sp³-hybridized carbons (Fsp3) is 0.500. The summed E-state index contributed by atoms with van der Waals surface area (Å²) in [6.45, 7) is 4.88. The SMILES string of the molecule is CCOC(=O)C1=C(CN2CC(F)(F)[C@H]3CN(CC(C)C(=O)O)C[C@H]32)NC(c2nccs2)=N[C@H]1c1cccc(F)c1C. The Balaban J connectivity index is 1.54. The summed E-state index contributed by atoms with van der Waals surface area (Å²) in [6.07, 6.45) is 1.60. The summed E-state index contributed by atoms with van der Waals surface area (Å²) in [7, 11) is 0. The molecule has 0 bridgehead atoms. The largest absolute Gasteiger partial charge is 0.481 e. The van der Waals surface area contributed by atoms with Crippen LogP contribution in [0, 0.1) is 24.6 Å². The smallest absolute Gasteiger partial charge is 0.338 e. The van der Waals surface area contributed by atoms with E-state index in [0.717, 1.165) is 0 Å². The molecule has 0 saturated carbocycles. The van der Waals surface area contributed by atoms with Gasteiger partial charge in [0.25, 0.3) is 5.92 Å². The second-order valence-electron chi connectivity index (χ2n) is 10.7. The van der Waals surface area contributed by atoms with Crippen molar-refractivity contribution >= 4 is 29.1 Å². The fourth-order valence-electron chi connectivity index (χ4n) is 5.91. The van der Waals surface area contributed by atoms with Crippen molar-refractivity contribution in [3.05, 3.63) is 63.0 Å². The van der Waals surface area contributed by atoms with Crippen molar-refractivity contribution in [1.29, 1.82) is 0 Å². The maximum atomic E-state index is 15.3. The van der Waals surface area contributed by atoms with Gasteiger partial charge in [0.2, 0.25) is 0 Å². The Hall–Kier alpha value is -3.29. The van der Waals surface area contributed by atoms with Gasteiger partial charge in [-0.15, -0.1) is 11.3 Å². The Kier molecular flexibility index (Phi) is 8.22. The number of hydrogen-bond donors (Lipinski definition) is 2. The number of aliphatic carboxylic acids is 1. The molecule has 1 unspecified atom stereocenters. The van der Waals surface area contributed by atoms with Crippen LogP contribution in [0.3, 0.4) is 0 Å². The van der Waals surface area contributed by atoms with Gasteiger partial charge in [0.1, 0.15) is 11.9 Å². The highest BCUT2D eigenvalue weighted by atomic mass is 32.1. The number of alkyl halides is 2. The van der Waals surface area contributed by atoms with E-state index in [-0.39, 0.29) is 38.4 Å². The van der Waals surface area contributed by atoms with Crippen LogP contribution in [-0.2, 0) is 14.3 Å². The third kappa shape index (κ3) is 5.75. The van der Waals surface area contributed by atoms with E-state index in [1.165, 1.54) is 23.5 Å². The maximum Gasteiger partial charge on any atom is 0.338 e. The number of rotatable bonds is 9. The minimum atomic E-state index is -3.00. The van der Waals surface area contributed by atoms with E-state index in [1.807, 2.05) is 0 Å². The molecule has 220 valence electrons. The number of carboxylic acids is 1. The van der Waals surface area contributed by atoms with Crippen LogP contribution >= 0.6 is 11.3 Å². The number of aliphatic imine (C=N–C) groups is 1. The minimum absolute atomic E-state index is 0.0392. The number of ether oxygens (including phenoxy) is 1. The number of carbonyl (C=O) groups is 2. The third-order valence-electron chi connectivity index (χ3n) is 7.97. The van der Waals surface area contributed by atoms with Crippen LogP contribution in [0.2, 0.25) is 0 Å². The number of fused-ring (bicyclic) bond motifs is 1. The summed E-state index contributed by atoms with van der Waals surface area (Å²) in [6, 6.07) is 3.05. The number of nitrogens with zero attached hydrogens (tertiary/aromatic N) is 4. The maximum absolute atomic E-state index is 15.3. The zero-order valence-corrected chi connectivity index (χ0v) is 23.8. The normalized spacial score (nSPS) is 25.0. The quantitative estimate of drug-likeness (QED) is 0.427. The number of aromatic nitrogens is 1. The number of halogens is 3. The highest BCUT2D eigenvalue weighted by Gasteiger charge is 2.58. The van der Waals surface area contributed by atoms with E-state index < -0.39 is 54.1 Å². The van der Waals surface area contributed by atoms with Gasteiger partial charge in [-0.05, 0) is 31.0 Å². The molecule has 0 amide bonds. The summed E-state index contributed by atoms with van der Waals surface area (Å²) >= 11 is 1.32. The molecular weight excluding hydrogens is 559 g/mol. The summed E-state index contributed by atoms with van der Waals surface area (Å²) in [5.74, 6) is -6.43. The van der Waals surface area contributed by atoms with E-state index in [4.69, 9.17) is 9.73 Å². The van der Waals surface area contributed by atoms with Gasteiger partial charge in [-0.2, -0.15) is 0 Å². The zero-order chi connectivity index (χ0) is 29.5. The van der Waals surface area contributed by atoms with Gasteiger partial charge in [0, 0.05) is 49.5 Å². The number of benzene rings is 1. The van der Waals surface area contributed by atoms with Crippen LogP contribution in [-0.4, -0.2) is 89.0 Å². The lowest BCUT2D eigenvalue weighted by molar-refractivity contribution is -0.142. The summed E-state index contributed by atoms with van der Waals surface area (Å²) < 4.78 is 50.7. The first-order valence-electron chi connectivity index (χ1n) is 13.5. The van der Waals surface area contributed by atoms with Crippen LogP contribution in [0.15, 0.2) is 46.0 Å². The van der Waals surface area contributed by atoms with Gasteiger partial charge in [0.15, 0.2) is 10.8 Å². The molecule has 0 radical (unpaired) electrons. The van der Waals surface area contributed by atoms with Gasteiger partial charge in [-0.1, -0.05) is 19.1 Å². The number of carboxylic acid groups (broad SMARTS) is 1. The molecule has 1 aromatic heterocycles. The number of hydrogen-bond acceptors (Lipinski definition) is 9. The summed E-state index contributed by atoms with van der Waals surface area (Å²) in [4.78, 5) is 37.3. The molecule has 2 N–H and O–H groups in total. The van der Waals surface area contributed by atoms with Gasteiger partial charge < -0.3 is 20.1 Å². The lowest BCUT2D eigenvalue weighted by atomic mass is 9.92. The molecule has 1 aromatic carbocycles. The summed E-state index contributed by atoms with van der Waals surface area (Å²) in [5, 5.41) is 14.8. The van der Waals surface area contributed by atoms with Gasteiger partial charge in [0.05, 0.1) is 30.6 Å². The number of esters is 1. The zero-order valence-electron chi connectivity index (χ0n) is 22.9. The van der Waals surface area contributed by atoms with Crippen molar-refractivity contribution in [1.82, 2.24) is 20.1 Å². The van der Waals surface area contributed by atoms with E-state index in [1.54, 1.807) is 48.2 Å². The molecule has 2 saturated heterocycles. The number of carbonyl (C=O) groups excluding carboxylic acids is 1. The van der Waals surface area contributed by atoms with Crippen molar-refractivity contribution in [3.8, 4) is 0 Å². The highest BCUT2D eigenvalue weighted by Crippen LogP contribution is 2.43. The number of likely N-dealkylation sites (tertiary alicyclic amines) is 2. The fourth-order valence-corrected chi connectivity index (χ4v) is 6.50. The van der Waals surface area contributed by atoms with E-state index >= 15 is 8.78 Å². The number of nitrogens with one attached hydrogen (secondary N) is 1. The average molecular weight is 592 g/mol. The van der Waals surface area contributed by atoms with Gasteiger partial charge in [-0.25, -0.2) is 22.9 Å². The van der Waals surface area contributed by atoms with Crippen LogP contribution in [0.5, 0.6) is 0 Å². The van der Waals surface area contributed by atoms with Gasteiger partial charge in [-0.3, -0.25) is 14.7 Å². The van der Waals surface area contributed by atoms with E-state index in [2.05, 4.69) is 10.3 Å². The molecule has 4 atom stereocenters. The third-order valence-corrected chi connectivity index (χ3v) is 8.75. The molecule has 4 heterocycles. The molecular formula is C28H32F3N5O4S. The van der Waals surface area contributed by atoms with Crippen LogP contribution < -0.4 is 5.32 Å². The first-order valence-corrected chi connectivity index (χ1v) is 14.3. The van der Waals surface area contributed by atoms with Gasteiger partial charge >= 0.3 is 11.9 Å². The number of amidine groups is 1. The van der Waals surface area contributed by atoms with Crippen molar-refractivity contribution in [2.24, 2.45) is 16.8 Å². The van der Waals surface area contributed by atoms with Crippen molar-refractivity contribution in [3.63, 3.8) is 0 Å². The van der Waals surface area contributed by atoms with Crippen molar-refractivity contribution in [2.45, 2.75) is 38.8 Å². The Morgan fingerprint density at radius 1 is 1.32 bits per heavy atom. The number of thiazole rings is 1. The molecule has 9 nitrogen and oxygen atoms in total. The average Bonchev–Trinajstić information content (AvgIpc) is 3.64. The van der Waals surface area contributed by atoms with E-state index in [9.17, 15) is 19.1 Å². The second-order valence-corrected chi connectivity index (χ2v) is 11.6. The Morgan fingerprint density at radius 2 is 2.10 bits per heavy atom. The predicted molar refractivity (Wildman–Crippen MR) is 146 cm³/mol. The van der Waals surface area contributed by atoms with Crippen LogP contribution in [0.25, 0.3) is 0 Å². The molecule has 0 aliphatic carbocycles. The Bertz CT molecular complexity index is 1380. The standard InChI is InChI=1S/C28H32F3N5O4S/c1-4-40-27(39)22-20(12-36-14-28(30,31)18-11-35(13-21(18)36)10-15(2)26(37)38)33-24(25-32-8-9-41-25)34-23(22)17-6-5-7-19(29)16(17)3/h5-9,15,18,21,23H,4,10-14H2,1-3H3,(H,33,34)(H,37,38)/t15?,18-,21+,23-/m0/s1. The molecule has 0 spiro atoms. The molecule has 5 rings (SSSR count). The lowest BCUT2D eigenvalue weighted by Gasteiger charge is -2.32. The molecule has 3 aliphatic heterocycles. The minimum Gasteiger partial charge on any atom is -0.481 e. The molecule has 13 heteroatoms. The molecule has 2 aromatic rings. The van der Waals surface area contributed by atoms with Crippen molar-refractivity contribution < 1.29 is 32.6 Å². The second kappa shape index (κ2) is 11.5. The Labute approximate surface area is 239 Å². The molecule has 3 aliphatic rings. The van der Waals surface area contributed by atoms with E-state index in [0.29, 0.717) is 27.7 Å². The first kappa shape index (κ1) is 29.2. The van der Waals surface area contributed by atoms with Crippen LogP contribution in [0.1, 0.15) is 36.0 Å². The molecule has 41 heavy (non-hydrogen) atoms. The topological polar surface area (TPSA) is 107 Å². The highest BCUT2D eigenvalue weighted by molar-refractivity contribution is 7.11. The lowest BCUT2D eigenvalue weighted by Crippen LogP contribution is -2.43.